The third-order valence-corrected chi connectivity index (χ3v) is 2.72. The fraction of sp³-hybridized carbons (Fsp3) is 0.0833. The third-order valence-electron chi connectivity index (χ3n) is 2.14. The molecule has 1 heterocycles. The highest BCUT2D eigenvalue weighted by atomic mass is 35.5. The first kappa shape index (κ1) is 12.0. The molecule has 1 aromatic carbocycles. The highest BCUT2D eigenvalue weighted by molar-refractivity contribution is 6.36. The second-order valence-electron chi connectivity index (χ2n) is 3.42. The average molecular weight is 269 g/mol. The number of aromatic nitrogens is 1. The molecule has 0 spiro atoms. The predicted molar refractivity (Wildman–Crippen MR) is 69.4 cm³/mol. The molecule has 17 heavy (non-hydrogen) atoms. The molecule has 3 nitrogen and oxygen atoms in total. The van der Waals surface area contributed by atoms with Crippen LogP contribution in [0.2, 0.25) is 10.0 Å². The number of nitrogens with zero attached hydrogens (tertiary/aromatic N) is 1. The zero-order chi connectivity index (χ0) is 12.3. The van der Waals surface area contributed by atoms with Crippen molar-refractivity contribution in [3.63, 3.8) is 0 Å². The second kappa shape index (κ2) is 5.25. The van der Waals surface area contributed by atoms with E-state index < -0.39 is 0 Å². The van der Waals surface area contributed by atoms with Crippen LogP contribution in [-0.2, 0) is 6.61 Å². The van der Waals surface area contributed by atoms with Gasteiger partial charge in [0.25, 0.3) is 0 Å². The molecule has 2 N–H and O–H groups in total. The van der Waals surface area contributed by atoms with Crippen LogP contribution in [0.25, 0.3) is 0 Å². The smallest absolute Gasteiger partial charge is 0.234 e. The molecule has 0 aliphatic carbocycles. The molecule has 0 bridgehead atoms. The van der Waals surface area contributed by atoms with Crippen LogP contribution >= 0.6 is 23.2 Å². The molecule has 0 fully saturated rings. The van der Waals surface area contributed by atoms with E-state index in [9.17, 15) is 0 Å². The van der Waals surface area contributed by atoms with Gasteiger partial charge in [0.15, 0.2) is 0 Å². The maximum absolute atomic E-state index is 5.94. The molecule has 2 aromatic rings. The minimum Gasteiger partial charge on any atom is -0.472 e. The molecule has 0 radical (unpaired) electrons. The van der Waals surface area contributed by atoms with Gasteiger partial charge in [-0.15, -0.1) is 0 Å². The lowest BCUT2D eigenvalue weighted by Gasteiger charge is -2.08. The van der Waals surface area contributed by atoms with Gasteiger partial charge in [0, 0.05) is 0 Å². The lowest BCUT2D eigenvalue weighted by atomic mass is 10.2. The van der Waals surface area contributed by atoms with Crippen molar-refractivity contribution in [3.05, 3.63) is 52.0 Å². The fourth-order valence-corrected chi connectivity index (χ4v) is 1.70. The Balaban J connectivity index is 2.12. The SMILES string of the molecule is Nc1nc(OCc2ccccc2)c(Cl)cc1Cl. The summed E-state index contributed by atoms with van der Waals surface area (Å²) in [7, 11) is 0. The van der Waals surface area contributed by atoms with Crippen LogP contribution < -0.4 is 10.5 Å². The number of hydrogen-bond acceptors (Lipinski definition) is 3. The van der Waals surface area contributed by atoms with Gasteiger partial charge in [0.2, 0.25) is 5.88 Å². The van der Waals surface area contributed by atoms with Gasteiger partial charge in [-0.3, -0.25) is 0 Å². The number of ether oxygens (including phenoxy) is 1. The maximum Gasteiger partial charge on any atom is 0.234 e. The molecule has 0 saturated carbocycles. The summed E-state index contributed by atoms with van der Waals surface area (Å²) in [5, 5.41) is 0.669. The largest absolute Gasteiger partial charge is 0.472 e. The molecule has 0 aliphatic heterocycles. The molecule has 0 atom stereocenters. The van der Waals surface area contributed by atoms with Gasteiger partial charge in [0.1, 0.15) is 17.4 Å². The molecular weight excluding hydrogens is 259 g/mol. The van der Waals surface area contributed by atoms with Crippen molar-refractivity contribution >= 4 is 29.0 Å². The van der Waals surface area contributed by atoms with E-state index in [0.717, 1.165) is 5.56 Å². The Hall–Kier alpha value is -1.45. The van der Waals surface area contributed by atoms with Crippen molar-refractivity contribution in [1.82, 2.24) is 4.98 Å². The second-order valence-corrected chi connectivity index (χ2v) is 4.23. The van der Waals surface area contributed by atoms with Crippen LogP contribution in [-0.4, -0.2) is 4.98 Å². The Kier molecular flexibility index (Phi) is 3.71. The van der Waals surface area contributed by atoms with E-state index in [1.807, 2.05) is 30.3 Å². The lowest BCUT2D eigenvalue weighted by molar-refractivity contribution is 0.294. The number of pyridine rings is 1. The minimum absolute atomic E-state index is 0.208. The normalized spacial score (nSPS) is 10.2. The minimum atomic E-state index is 0.208. The quantitative estimate of drug-likeness (QED) is 0.926. The third kappa shape index (κ3) is 3.02. The van der Waals surface area contributed by atoms with Gasteiger partial charge in [0.05, 0.1) is 5.02 Å². The molecule has 0 amide bonds. The first-order valence-corrected chi connectivity index (χ1v) is 5.70. The standard InChI is InChI=1S/C12H10Cl2N2O/c13-9-6-10(14)12(16-11(9)15)17-7-8-4-2-1-3-5-8/h1-6H,7H2,(H2,15,16). The summed E-state index contributed by atoms with van der Waals surface area (Å²) in [4.78, 5) is 3.98. The summed E-state index contributed by atoms with van der Waals surface area (Å²) in [6.45, 7) is 0.384. The van der Waals surface area contributed by atoms with Crippen LogP contribution in [0.3, 0.4) is 0 Å². The zero-order valence-corrected chi connectivity index (χ0v) is 10.4. The van der Waals surface area contributed by atoms with Crippen LogP contribution in [0.1, 0.15) is 5.56 Å². The van der Waals surface area contributed by atoms with Crippen molar-refractivity contribution in [2.75, 3.05) is 5.73 Å². The first-order valence-electron chi connectivity index (χ1n) is 4.95. The average Bonchev–Trinajstić information content (AvgIpc) is 2.33. The monoisotopic (exact) mass is 268 g/mol. The first-order chi connectivity index (χ1) is 8.16. The number of anilines is 1. The molecule has 2 rings (SSSR count). The van der Waals surface area contributed by atoms with Gasteiger partial charge >= 0.3 is 0 Å². The van der Waals surface area contributed by atoms with E-state index >= 15 is 0 Å². The fourth-order valence-electron chi connectivity index (χ4n) is 1.29. The zero-order valence-electron chi connectivity index (χ0n) is 8.86. The van der Waals surface area contributed by atoms with Gasteiger partial charge in [-0.25, -0.2) is 0 Å². The van der Waals surface area contributed by atoms with E-state index in [1.54, 1.807) is 0 Å². The topological polar surface area (TPSA) is 48.1 Å². The highest BCUT2D eigenvalue weighted by Crippen LogP contribution is 2.29. The Morgan fingerprint density at radius 3 is 2.53 bits per heavy atom. The van der Waals surface area contributed by atoms with Gasteiger partial charge in [-0.2, -0.15) is 4.98 Å². The Labute approximate surface area is 109 Å². The summed E-state index contributed by atoms with van der Waals surface area (Å²) >= 11 is 11.7. The number of halogens is 2. The Bertz CT molecular complexity index is 517. The number of hydrogen-bond donors (Lipinski definition) is 1. The van der Waals surface area contributed by atoms with E-state index in [0.29, 0.717) is 16.7 Å². The summed E-state index contributed by atoms with van der Waals surface area (Å²) < 4.78 is 5.48. The van der Waals surface area contributed by atoms with Crippen LogP contribution in [0.4, 0.5) is 5.82 Å². The molecular formula is C12H10Cl2N2O. The number of nitrogen functional groups attached to an aromatic ring is 1. The van der Waals surface area contributed by atoms with Gasteiger partial charge in [-0.05, 0) is 11.6 Å². The van der Waals surface area contributed by atoms with Gasteiger partial charge < -0.3 is 10.5 Å². The van der Waals surface area contributed by atoms with Crippen molar-refractivity contribution in [3.8, 4) is 5.88 Å². The Morgan fingerprint density at radius 1 is 1.12 bits per heavy atom. The molecule has 1 aromatic heterocycles. The number of benzene rings is 1. The van der Waals surface area contributed by atoms with Crippen LogP contribution in [0, 0.1) is 0 Å². The van der Waals surface area contributed by atoms with Crippen molar-refractivity contribution < 1.29 is 4.74 Å². The summed E-state index contributed by atoms with van der Waals surface area (Å²) in [5.74, 6) is 0.497. The van der Waals surface area contributed by atoms with Gasteiger partial charge in [-0.1, -0.05) is 53.5 Å². The molecule has 0 aliphatic rings. The van der Waals surface area contributed by atoms with E-state index in [-0.39, 0.29) is 11.7 Å². The van der Waals surface area contributed by atoms with Crippen molar-refractivity contribution in [1.29, 1.82) is 0 Å². The number of nitrogens with two attached hydrogens (primary N) is 1. The van der Waals surface area contributed by atoms with Crippen LogP contribution in [0.5, 0.6) is 5.88 Å². The predicted octanol–water partition coefficient (Wildman–Crippen LogP) is 3.55. The maximum atomic E-state index is 5.94. The van der Waals surface area contributed by atoms with Crippen molar-refractivity contribution in [2.24, 2.45) is 0 Å². The summed E-state index contributed by atoms with van der Waals surface area (Å²) in [5.41, 5.74) is 6.60. The highest BCUT2D eigenvalue weighted by Gasteiger charge is 2.08. The molecule has 0 unspecified atom stereocenters. The molecule has 5 heteroatoms. The molecule has 0 saturated heterocycles. The van der Waals surface area contributed by atoms with E-state index in [4.69, 9.17) is 33.7 Å². The Morgan fingerprint density at radius 2 is 1.82 bits per heavy atom. The van der Waals surface area contributed by atoms with Crippen LogP contribution in [0.15, 0.2) is 36.4 Å². The molecule has 88 valence electrons. The summed E-state index contributed by atoms with van der Waals surface area (Å²) in [6.07, 6.45) is 0. The van der Waals surface area contributed by atoms with E-state index in [1.165, 1.54) is 6.07 Å². The lowest BCUT2D eigenvalue weighted by Crippen LogP contribution is -2.00. The number of rotatable bonds is 3. The summed E-state index contributed by atoms with van der Waals surface area (Å²) in [6, 6.07) is 11.2. The van der Waals surface area contributed by atoms with E-state index in [2.05, 4.69) is 4.98 Å². The van der Waals surface area contributed by atoms with Crippen molar-refractivity contribution in [2.45, 2.75) is 6.61 Å².